The Morgan fingerprint density at radius 1 is 1.29 bits per heavy atom. The second-order valence-corrected chi connectivity index (χ2v) is 3.99. The fraction of sp³-hybridized carbons (Fsp3) is 0.800. The lowest BCUT2D eigenvalue weighted by Crippen LogP contribution is -2.12. The second-order valence-electron chi connectivity index (χ2n) is 3.99. The van der Waals surface area contributed by atoms with Crippen LogP contribution in [0.25, 0.3) is 0 Å². The van der Waals surface area contributed by atoms with E-state index in [1.807, 2.05) is 0 Å². The van der Waals surface area contributed by atoms with Crippen LogP contribution in [0.4, 0.5) is 0 Å². The average Bonchev–Trinajstić information content (AvgIpc) is 2.48. The molecule has 0 bridgehead atoms. The molecule has 0 aromatic carbocycles. The Morgan fingerprint density at radius 3 is 2.43 bits per heavy atom. The van der Waals surface area contributed by atoms with Crippen molar-refractivity contribution < 1.29 is 0 Å². The smallest absolute Gasteiger partial charge is 0.146 e. The van der Waals surface area contributed by atoms with Gasteiger partial charge in [0.15, 0.2) is 0 Å². The van der Waals surface area contributed by atoms with E-state index in [2.05, 4.69) is 35.5 Å². The van der Waals surface area contributed by atoms with Crippen molar-refractivity contribution >= 4 is 0 Å². The Morgan fingerprint density at radius 2 is 1.93 bits per heavy atom. The maximum absolute atomic E-state index is 5.60. The fourth-order valence-corrected chi connectivity index (χ4v) is 1.52. The van der Waals surface area contributed by atoms with Crippen molar-refractivity contribution in [1.82, 2.24) is 14.8 Å². The summed E-state index contributed by atoms with van der Waals surface area (Å²) in [6.07, 6.45) is 2.07. The van der Waals surface area contributed by atoms with Crippen LogP contribution < -0.4 is 5.73 Å². The summed E-state index contributed by atoms with van der Waals surface area (Å²) in [5.41, 5.74) is 5.60. The number of nitrogens with zero attached hydrogens (tertiary/aromatic N) is 3. The molecule has 0 aliphatic carbocycles. The summed E-state index contributed by atoms with van der Waals surface area (Å²) in [6, 6.07) is 0. The molecule has 80 valence electrons. The van der Waals surface area contributed by atoms with Crippen LogP contribution >= 0.6 is 0 Å². The highest BCUT2D eigenvalue weighted by Crippen LogP contribution is 2.08. The zero-order valence-corrected chi connectivity index (χ0v) is 9.32. The van der Waals surface area contributed by atoms with Gasteiger partial charge in [0.25, 0.3) is 0 Å². The average molecular weight is 196 g/mol. The topological polar surface area (TPSA) is 56.7 Å². The highest BCUT2D eigenvalue weighted by molar-refractivity contribution is 4.96. The van der Waals surface area contributed by atoms with Crippen molar-refractivity contribution in [3.05, 3.63) is 11.6 Å². The summed E-state index contributed by atoms with van der Waals surface area (Å²) < 4.78 is 2.15. The largest absolute Gasteiger partial charge is 0.324 e. The molecule has 1 aromatic heterocycles. The molecule has 14 heavy (non-hydrogen) atoms. The van der Waals surface area contributed by atoms with Crippen LogP contribution in [0.3, 0.4) is 0 Å². The summed E-state index contributed by atoms with van der Waals surface area (Å²) in [7, 11) is 0. The van der Waals surface area contributed by atoms with Crippen molar-refractivity contribution in [2.75, 3.05) is 0 Å². The van der Waals surface area contributed by atoms with Gasteiger partial charge in [-0.25, -0.2) is 0 Å². The Kier molecular flexibility index (Phi) is 4.07. The third-order valence-electron chi connectivity index (χ3n) is 2.12. The number of aromatic nitrogens is 3. The minimum absolute atomic E-state index is 0.477. The van der Waals surface area contributed by atoms with Crippen molar-refractivity contribution in [3.8, 4) is 0 Å². The third-order valence-corrected chi connectivity index (χ3v) is 2.12. The predicted molar refractivity (Wildman–Crippen MR) is 56.7 cm³/mol. The molecule has 4 nitrogen and oxygen atoms in total. The monoisotopic (exact) mass is 196 g/mol. The van der Waals surface area contributed by atoms with Gasteiger partial charge in [-0.15, -0.1) is 10.2 Å². The number of rotatable bonds is 5. The molecule has 0 unspecified atom stereocenters. The van der Waals surface area contributed by atoms with Gasteiger partial charge < -0.3 is 10.3 Å². The quantitative estimate of drug-likeness (QED) is 0.773. The van der Waals surface area contributed by atoms with Crippen LogP contribution in [0.2, 0.25) is 0 Å². The Hall–Kier alpha value is -0.900. The van der Waals surface area contributed by atoms with Crippen LogP contribution in [-0.2, 0) is 19.5 Å². The molecule has 0 aliphatic rings. The lowest BCUT2D eigenvalue weighted by Gasteiger charge is -2.09. The summed E-state index contributed by atoms with van der Waals surface area (Å²) in [5, 5.41) is 8.27. The first kappa shape index (κ1) is 11.2. The van der Waals surface area contributed by atoms with Crippen molar-refractivity contribution in [1.29, 1.82) is 0 Å². The molecule has 0 fully saturated rings. The lowest BCUT2D eigenvalue weighted by molar-refractivity contribution is 0.555. The summed E-state index contributed by atoms with van der Waals surface area (Å²) in [5.74, 6) is 2.59. The first-order chi connectivity index (χ1) is 6.69. The van der Waals surface area contributed by atoms with Gasteiger partial charge in [0.05, 0.1) is 6.54 Å². The van der Waals surface area contributed by atoms with E-state index in [-0.39, 0.29) is 0 Å². The Labute approximate surface area is 85.5 Å². The van der Waals surface area contributed by atoms with Gasteiger partial charge in [-0.3, -0.25) is 0 Å². The molecule has 0 radical (unpaired) electrons. The van der Waals surface area contributed by atoms with E-state index in [1.165, 1.54) is 0 Å². The molecule has 0 aliphatic heterocycles. The Balaban J connectivity index is 2.86. The van der Waals surface area contributed by atoms with E-state index in [0.29, 0.717) is 12.5 Å². The molecular formula is C10H20N4. The van der Waals surface area contributed by atoms with E-state index in [1.54, 1.807) is 0 Å². The molecule has 1 rings (SSSR count). The SMILES string of the molecule is CCCn1c(CN)nnc1CC(C)C. The predicted octanol–water partition coefficient (Wildman–Crippen LogP) is 1.35. The molecular weight excluding hydrogens is 176 g/mol. The zero-order valence-electron chi connectivity index (χ0n) is 9.32. The van der Waals surface area contributed by atoms with E-state index in [9.17, 15) is 0 Å². The molecule has 2 N–H and O–H groups in total. The molecule has 1 heterocycles. The van der Waals surface area contributed by atoms with Gasteiger partial charge in [-0.2, -0.15) is 0 Å². The van der Waals surface area contributed by atoms with Crippen LogP contribution in [-0.4, -0.2) is 14.8 Å². The number of hydrogen-bond acceptors (Lipinski definition) is 3. The summed E-state index contributed by atoms with van der Waals surface area (Å²) in [4.78, 5) is 0. The third kappa shape index (κ3) is 2.54. The molecule has 0 spiro atoms. The van der Waals surface area contributed by atoms with Crippen LogP contribution in [0.15, 0.2) is 0 Å². The Bertz CT molecular complexity index is 278. The molecule has 0 amide bonds. The minimum Gasteiger partial charge on any atom is -0.324 e. The number of nitrogens with two attached hydrogens (primary N) is 1. The van der Waals surface area contributed by atoms with Gasteiger partial charge in [-0.1, -0.05) is 20.8 Å². The molecule has 0 saturated heterocycles. The van der Waals surface area contributed by atoms with E-state index < -0.39 is 0 Å². The van der Waals surface area contributed by atoms with Gasteiger partial charge in [0.1, 0.15) is 11.6 Å². The van der Waals surface area contributed by atoms with E-state index in [0.717, 1.165) is 31.0 Å². The first-order valence-electron chi connectivity index (χ1n) is 5.30. The lowest BCUT2D eigenvalue weighted by atomic mass is 10.1. The molecule has 0 saturated carbocycles. The first-order valence-corrected chi connectivity index (χ1v) is 5.30. The summed E-state index contributed by atoms with van der Waals surface area (Å²) in [6.45, 7) is 7.98. The highest BCUT2D eigenvalue weighted by Gasteiger charge is 2.10. The number of hydrogen-bond donors (Lipinski definition) is 1. The van der Waals surface area contributed by atoms with E-state index >= 15 is 0 Å². The van der Waals surface area contributed by atoms with Crippen LogP contribution in [0.1, 0.15) is 38.8 Å². The normalized spacial score (nSPS) is 11.2. The second kappa shape index (κ2) is 5.10. The van der Waals surface area contributed by atoms with Crippen molar-refractivity contribution in [2.45, 2.75) is 46.7 Å². The minimum atomic E-state index is 0.477. The molecule has 0 atom stereocenters. The standard InChI is InChI=1S/C10H20N4/c1-4-5-14-9(6-8(2)3)12-13-10(14)7-11/h8H,4-7,11H2,1-3H3. The van der Waals surface area contributed by atoms with Crippen LogP contribution in [0.5, 0.6) is 0 Å². The fourth-order valence-electron chi connectivity index (χ4n) is 1.52. The zero-order chi connectivity index (χ0) is 10.6. The van der Waals surface area contributed by atoms with Gasteiger partial charge in [0, 0.05) is 13.0 Å². The molecule has 4 heteroatoms. The van der Waals surface area contributed by atoms with Gasteiger partial charge >= 0.3 is 0 Å². The van der Waals surface area contributed by atoms with Gasteiger partial charge in [-0.05, 0) is 12.3 Å². The maximum atomic E-state index is 5.60. The van der Waals surface area contributed by atoms with Crippen molar-refractivity contribution in [3.63, 3.8) is 0 Å². The van der Waals surface area contributed by atoms with Crippen LogP contribution in [0, 0.1) is 5.92 Å². The highest BCUT2D eigenvalue weighted by atomic mass is 15.3. The molecule has 1 aromatic rings. The van der Waals surface area contributed by atoms with E-state index in [4.69, 9.17) is 5.73 Å². The summed E-state index contributed by atoms with van der Waals surface area (Å²) >= 11 is 0. The van der Waals surface area contributed by atoms with Crippen molar-refractivity contribution in [2.24, 2.45) is 11.7 Å². The maximum Gasteiger partial charge on any atom is 0.146 e. The van der Waals surface area contributed by atoms with Gasteiger partial charge in [0.2, 0.25) is 0 Å².